The van der Waals surface area contributed by atoms with Crippen LogP contribution in [0.5, 0.6) is 5.75 Å². The van der Waals surface area contributed by atoms with E-state index in [1.807, 2.05) is 32.0 Å². The van der Waals surface area contributed by atoms with Crippen LogP contribution < -0.4 is 4.74 Å². The molecule has 0 amide bonds. The Morgan fingerprint density at radius 1 is 1.18 bits per heavy atom. The zero-order valence-electron chi connectivity index (χ0n) is 15.8. The summed E-state index contributed by atoms with van der Waals surface area (Å²) in [7, 11) is 0. The first-order valence-corrected chi connectivity index (χ1v) is 9.91. The first-order chi connectivity index (χ1) is 13.2. The van der Waals surface area contributed by atoms with Gasteiger partial charge in [-0.1, -0.05) is 19.1 Å². The SMILES string of the molecule is CCC(COc1ccc(C(F)(F)F)cc1)CSc1ccc(CC(=O)O)cc1C. The van der Waals surface area contributed by atoms with Gasteiger partial charge in [-0.15, -0.1) is 11.8 Å². The Bertz CT molecular complexity index is 788. The van der Waals surface area contributed by atoms with Gasteiger partial charge in [-0.05, 0) is 54.8 Å². The van der Waals surface area contributed by atoms with Crippen molar-refractivity contribution in [3.63, 3.8) is 0 Å². The van der Waals surface area contributed by atoms with Crippen LogP contribution >= 0.6 is 11.8 Å². The van der Waals surface area contributed by atoms with E-state index < -0.39 is 17.7 Å². The van der Waals surface area contributed by atoms with Gasteiger partial charge in [0.25, 0.3) is 0 Å². The van der Waals surface area contributed by atoms with E-state index in [2.05, 4.69) is 0 Å². The van der Waals surface area contributed by atoms with Crippen LogP contribution in [0.3, 0.4) is 0 Å². The molecule has 0 saturated heterocycles. The average molecular weight is 412 g/mol. The Hall–Kier alpha value is -2.15. The fourth-order valence-electron chi connectivity index (χ4n) is 2.60. The fourth-order valence-corrected chi connectivity index (χ4v) is 3.80. The lowest BCUT2D eigenvalue weighted by Gasteiger charge is -2.17. The Balaban J connectivity index is 1.88. The molecule has 7 heteroatoms. The van der Waals surface area contributed by atoms with Crippen molar-refractivity contribution in [3.8, 4) is 5.75 Å². The van der Waals surface area contributed by atoms with E-state index in [4.69, 9.17) is 9.84 Å². The van der Waals surface area contributed by atoms with Gasteiger partial charge >= 0.3 is 12.1 Å². The molecule has 0 bridgehead atoms. The van der Waals surface area contributed by atoms with Crippen molar-refractivity contribution in [2.75, 3.05) is 12.4 Å². The van der Waals surface area contributed by atoms with E-state index in [0.717, 1.165) is 40.3 Å². The Kier molecular flexibility index (Phi) is 7.80. The van der Waals surface area contributed by atoms with Crippen LogP contribution in [0.1, 0.15) is 30.0 Å². The maximum Gasteiger partial charge on any atom is 0.416 e. The van der Waals surface area contributed by atoms with Crippen molar-refractivity contribution < 1.29 is 27.8 Å². The number of benzene rings is 2. The van der Waals surface area contributed by atoms with Gasteiger partial charge in [-0.3, -0.25) is 4.79 Å². The molecule has 1 N–H and O–H groups in total. The zero-order chi connectivity index (χ0) is 20.7. The van der Waals surface area contributed by atoms with E-state index in [-0.39, 0.29) is 12.3 Å². The van der Waals surface area contributed by atoms with E-state index >= 15 is 0 Å². The number of carbonyl (C=O) groups is 1. The lowest BCUT2D eigenvalue weighted by atomic mass is 10.1. The number of halogens is 3. The van der Waals surface area contributed by atoms with Crippen molar-refractivity contribution in [1.82, 2.24) is 0 Å². The molecule has 0 radical (unpaired) electrons. The van der Waals surface area contributed by atoms with Gasteiger partial charge in [0.1, 0.15) is 5.75 Å². The van der Waals surface area contributed by atoms with E-state index in [1.54, 1.807) is 11.8 Å². The summed E-state index contributed by atoms with van der Waals surface area (Å²) in [5.74, 6) is 0.610. The maximum absolute atomic E-state index is 12.6. The third-order valence-corrected chi connectivity index (χ3v) is 5.72. The van der Waals surface area contributed by atoms with Gasteiger partial charge in [0.2, 0.25) is 0 Å². The average Bonchev–Trinajstić information content (AvgIpc) is 2.62. The molecule has 0 spiro atoms. The molecule has 152 valence electrons. The van der Waals surface area contributed by atoms with Gasteiger partial charge < -0.3 is 9.84 Å². The zero-order valence-corrected chi connectivity index (χ0v) is 16.6. The first kappa shape index (κ1) is 22.1. The van der Waals surface area contributed by atoms with Gasteiger partial charge in [0.05, 0.1) is 18.6 Å². The minimum absolute atomic E-state index is 0.00431. The molecular weight excluding hydrogens is 389 g/mol. The summed E-state index contributed by atoms with van der Waals surface area (Å²) in [5, 5.41) is 8.87. The summed E-state index contributed by atoms with van der Waals surface area (Å²) in [6.07, 6.45) is -3.47. The maximum atomic E-state index is 12.6. The number of carboxylic acids is 1. The number of hydrogen-bond acceptors (Lipinski definition) is 3. The molecule has 0 heterocycles. The molecular formula is C21H23F3O3S. The highest BCUT2D eigenvalue weighted by Gasteiger charge is 2.30. The predicted octanol–water partition coefficient (Wildman–Crippen LogP) is 5.84. The predicted molar refractivity (Wildman–Crippen MR) is 104 cm³/mol. The lowest BCUT2D eigenvalue weighted by Crippen LogP contribution is -2.14. The van der Waals surface area contributed by atoms with E-state index in [0.29, 0.717) is 12.4 Å². The number of carboxylic acid groups (broad SMARTS) is 1. The Morgan fingerprint density at radius 2 is 1.86 bits per heavy atom. The van der Waals surface area contributed by atoms with Gasteiger partial charge in [-0.2, -0.15) is 13.2 Å². The highest BCUT2D eigenvalue weighted by molar-refractivity contribution is 7.99. The standard InChI is InChI=1S/C21H23F3O3S/c1-3-15(12-27-18-7-5-17(6-8-18)21(22,23)24)13-28-19-9-4-16(10-14(19)2)11-20(25)26/h4-10,15H,3,11-13H2,1-2H3,(H,25,26). The van der Waals surface area contributed by atoms with Crippen molar-refractivity contribution in [2.24, 2.45) is 5.92 Å². The highest BCUT2D eigenvalue weighted by atomic mass is 32.2. The van der Waals surface area contributed by atoms with E-state index in [1.165, 1.54) is 12.1 Å². The smallest absolute Gasteiger partial charge is 0.416 e. The van der Waals surface area contributed by atoms with Crippen LogP contribution in [-0.2, 0) is 17.4 Å². The van der Waals surface area contributed by atoms with Crippen LogP contribution in [0, 0.1) is 12.8 Å². The number of hydrogen-bond donors (Lipinski definition) is 1. The van der Waals surface area contributed by atoms with Crippen LogP contribution in [0.2, 0.25) is 0 Å². The number of rotatable bonds is 9. The number of aliphatic carboxylic acids is 1. The normalized spacial score (nSPS) is 12.6. The van der Waals surface area contributed by atoms with Gasteiger partial charge in [0.15, 0.2) is 0 Å². The topological polar surface area (TPSA) is 46.5 Å². The molecule has 1 atom stereocenters. The first-order valence-electron chi connectivity index (χ1n) is 8.93. The molecule has 2 rings (SSSR count). The van der Waals surface area contributed by atoms with Crippen molar-refractivity contribution in [1.29, 1.82) is 0 Å². The van der Waals surface area contributed by atoms with Crippen molar-refractivity contribution in [3.05, 3.63) is 59.2 Å². The molecule has 0 aliphatic rings. The summed E-state index contributed by atoms with van der Waals surface area (Å²) in [5.41, 5.74) is 1.11. The summed E-state index contributed by atoms with van der Waals surface area (Å²) in [6, 6.07) is 10.4. The second kappa shape index (κ2) is 9.87. The molecule has 1 unspecified atom stereocenters. The van der Waals surface area contributed by atoms with Gasteiger partial charge in [-0.25, -0.2) is 0 Å². The van der Waals surface area contributed by atoms with Crippen molar-refractivity contribution in [2.45, 2.75) is 37.8 Å². The minimum atomic E-state index is -4.35. The molecule has 28 heavy (non-hydrogen) atoms. The lowest BCUT2D eigenvalue weighted by molar-refractivity contribution is -0.138. The fraction of sp³-hybridized carbons (Fsp3) is 0.381. The quantitative estimate of drug-likeness (QED) is 0.526. The van der Waals surface area contributed by atoms with Crippen LogP contribution in [-0.4, -0.2) is 23.4 Å². The minimum Gasteiger partial charge on any atom is -0.493 e. The Morgan fingerprint density at radius 3 is 2.39 bits per heavy atom. The van der Waals surface area contributed by atoms with Crippen LogP contribution in [0.25, 0.3) is 0 Å². The molecule has 0 aliphatic carbocycles. The Labute approximate surface area is 166 Å². The summed E-state index contributed by atoms with van der Waals surface area (Å²) in [6.45, 7) is 4.42. The van der Waals surface area contributed by atoms with E-state index in [9.17, 15) is 18.0 Å². The third kappa shape index (κ3) is 6.78. The second-order valence-electron chi connectivity index (χ2n) is 6.59. The monoisotopic (exact) mass is 412 g/mol. The number of alkyl halides is 3. The highest BCUT2D eigenvalue weighted by Crippen LogP contribution is 2.31. The molecule has 0 aliphatic heterocycles. The number of ether oxygens (including phenoxy) is 1. The largest absolute Gasteiger partial charge is 0.493 e. The molecule has 0 fully saturated rings. The molecule has 2 aromatic rings. The molecule has 0 aromatic heterocycles. The summed E-state index contributed by atoms with van der Waals surface area (Å²) >= 11 is 1.67. The second-order valence-corrected chi connectivity index (χ2v) is 7.65. The summed E-state index contributed by atoms with van der Waals surface area (Å²) < 4.78 is 43.5. The molecule has 0 saturated carbocycles. The third-order valence-electron chi connectivity index (χ3n) is 4.31. The van der Waals surface area contributed by atoms with Crippen LogP contribution in [0.15, 0.2) is 47.4 Å². The number of thioether (sulfide) groups is 1. The van der Waals surface area contributed by atoms with Crippen molar-refractivity contribution >= 4 is 17.7 Å². The van der Waals surface area contributed by atoms with Gasteiger partial charge in [0, 0.05) is 16.6 Å². The molecule has 2 aromatic carbocycles. The number of aryl methyl sites for hydroxylation is 1. The molecule has 3 nitrogen and oxygen atoms in total. The summed E-state index contributed by atoms with van der Waals surface area (Å²) in [4.78, 5) is 11.9. The van der Waals surface area contributed by atoms with Crippen LogP contribution in [0.4, 0.5) is 13.2 Å².